The molecule has 2 fully saturated rings. The van der Waals surface area contributed by atoms with Gasteiger partial charge in [-0.15, -0.1) is 11.3 Å². The lowest BCUT2D eigenvalue weighted by Gasteiger charge is -2.32. The molecule has 0 spiro atoms. The van der Waals surface area contributed by atoms with Gasteiger partial charge in [0.2, 0.25) is 5.91 Å². The molecule has 122 valence electrons. The minimum Gasteiger partial charge on any atom is -0.354 e. The molecule has 0 saturated carbocycles. The van der Waals surface area contributed by atoms with E-state index < -0.39 is 0 Å². The third-order valence-corrected chi connectivity index (χ3v) is 5.52. The van der Waals surface area contributed by atoms with Gasteiger partial charge in [-0.05, 0) is 51.6 Å². The Hall–Kier alpha value is -0.980. The lowest BCUT2D eigenvalue weighted by molar-refractivity contribution is -0.123. The van der Waals surface area contributed by atoms with Crippen molar-refractivity contribution in [1.82, 2.24) is 20.5 Å². The molecular weight excluding hydrogens is 296 g/mol. The van der Waals surface area contributed by atoms with E-state index in [0.29, 0.717) is 5.92 Å². The van der Waals surface area contributed by atoms with E-state index >= 15 is 0 Å². The molecule has 0 aliphatic carbocycles. The maximum Gasteiger partial charge on any atom is 0.237 e. The van der Waals surface area contributed by atoms with Crippen molar-refractivity contribution in [2.75, 3.05) is 26.2 Å². The van der Waals surface area contributed by atoms with Crippen molar-refractivity contribution in [3.8, 4) is 0 Å². The van der Waals surface area contributed by atoms with E-state index in [1.165, 1.54) is 17.8 Å². The Morgan fingerprint density at radius 3 is 3.14 bits per heavy atom. The van der Waals surface area contributed by atoms with Gasteiger partial charge in [0.05, 0.1) is 12.6 Å². The number of aromatic nitrogens is 1. The first-order valence-corrected chi connectivity index (χ1v) is 9.23. The molecule has 0 aromatic carbocycles. The highest BCUT2D eigenvalue weighted by atomic mass is 32.1. The van der Waals surface area contributed by atoms with Gasteiger partial charge in [0.15, 0.2) is 0 Å². The summed E-state index contributed by atoms with van der Waals surface area (Å²) in [7, 11) is 0. The van der Waals surface area contributed by atoms with E-state index in [2.05, 4.69) is 25.9 Å². The normalized spacial score (nSPS) is 26.2. The van der Waals surface area contributed by atoms with Crippen molar-refractivity contribution >= 4 is 17.2 Å². The van der Waals surface area contributed by atoms with Gasteiger partial charge in [0.1, 0.15) is 5.01 Å². The van der Waals surface area contributed by atoms with Crippen molar-refractivity contribution in [1.29, 1.82) is 0 Å². The number of thiazole rings is 1. The van der Waals surface area contributed by atoms with Crippen LogP contribution in [0.5, 0.6) is 0 Å². The van der Waals surface area contributed by atoms with Crippen molar-refractivity contribution in [3.05, 3.63) is 16.1 Å². The molecule has 22 heavy (non-hydrogen) atoms. The van der Waals surface area contributed by atoms with Crippen molar-refractivity contribution in [3.63, 3.8) is 0 Å². The highest BCUT2D eigenvalue weighted by Gasteiger charge is 2.24. The second-order valence-electron chi connectivity index (χ2n) is 6.52. The third-order valence-electron chi connectivity index (χ3n) is 4.57. The quantitative estimate of drug-likeness (QED) is 0.863. The molecule has 3 heterocycles. The van der Waals surface area contributed by atoms with E-state index in [4.69, 9.17) is 0 Å². The predicted molar refractivity (Wildman–Crippen MR) is 88.9 cm³/mol. The maximum absolute atomic E-state index is 12.1. The Morgan fingerprint density at radius 1 is 1.50 bits per heavy atom. The van der Waals surface area contributed by atoms with Crippen LogP contribution in [0.15, 0.2) is 5.38 Å². The third kappa shape index (κ3) is 4.27. The summed E-state index contributed by atoms with van der Waals surface area (Å²) in [4.78, 5) is 19.1. The van der Waals surface area contributed by atoms with Crippen LogP contribution in [0.2, 0.25) is 0 Å². The van der Waals surface area contributed by atoms with Crippen LogP contribution in [0.1, 0.15) is 36.4 Å². The van der Waals surface area contributed by atoms with Crippen molar-refractivity contribution in [2.45, 2.75) is 45.2 Å². The summed E-state index contributed by atoms with van der Waals surface area (Å²) in [5, 5.41) is 9.72. The van der Waals surface area contributed by atoms with Crippen molar-refractivity contribution in [2.24, 2.45) is 5.92 Å². The molecule has 6 heteroatoms. The van der Waals surface area contributed by atoms with Gasteiger partial charge < -0.3 is 10.6 Å². The smallest absolute Gasteiger partial charge is 0.237 e. The Morgan fingerprint density at radius 2 is 2.41 bits per heavy atom. The van der Waals surface area contributed by atoms with Crippen LogP contribution in [0.4, 0.5) is 0 Å². The van der Waals surface area contributed by atoms with E-state index in [1.807, 2.05) is 6.92 Å². The lowest BCUT2D eigenvalue weighted by atomic mass is 9.98. The van der Waals surface area contributed by atoms with Crippen LogP contribution in [0, 0.1) is 12.8 Å². The zero-order valence-electron chi connectivity index (χ0n) is 13.3. The summed E-state index contributed by atoms with van der Waals surface area (Å²) in [6, 6.07) is 0.0398. The predicted octanol–water partition coefficient (Wildman–Crippen LogP) is 1.53. The number of carbonyl (C=O) groups is 1. The molecule has 0 bridgehead atoms. The average Bonchev–Trinajstić information content (AvgIpc) is 3.17. The Balaban J connectivity index is 1.43. The zero-order chi connectivity index (χ0) is 15.4. The molecule has 1 amide bonds. The second kappa shape index (κ2) is 7.53. The minimum absolute atomic E-state index is 0.0398. The largest absolute Gasteiger partial charge is 0.354 e. The molecule has 5 nitrogen and oxygen atoms in total. The number of nitrogens with one attached hydrogen (secondary N) is 2. The fraction of sp³-hybridized carbons (Fsp3) is 0.750. The van der Waals surface area contributed by atoms with Crippen LogP contribution in [0.3, 0.4) is 0 Å². The van der Waals surface area contributed by atoms with E-state index in [0.717, 1.165) is 51.3 Å². The molecule has 2 aliphatic heterocycles. The first-order chi connectivity index (χ1) is 10.7. The first-order valence-electron chi connectivity index (χ1n) is 8.35. The van der Waals surface area contributed by atoms with Crippen molar-refractivity contribution < 1.29 is 4.79 Å². The SMILES string of the molecule is Cc1csc(CN2CCCC(CNC(=O)C3CCCN3)C2)n1. The second-order valence-corrected chi connectivity index (χ2v) is 7.46. The Labute approximate surface area is 136 Å². The number of amides is 1. The van der Waals surface area contributed by atoms with Gasteiger partial charge in [-0.2, -0.15) is 0 Å². The maximum atomic E-state index is 12.1. The van der Waals surface area contributed by atoms with Gasteiger partial charge in [-0.3, -0.25) is 9.69 Å². The fourth-order valence-electron chi connectivity index (χ4n) is 3.40. The number of piperidine rings is 1. The minimum atomic E-state index is 0.0398. The monoisotopic (exact) mass is 322 g/mol. The molecule has 2 N–H and O–H groups in total. The van der Waals surface area contributed by atoms with Gasteiger partial charge in [0, 0.05) is 24.2 Å². The molecule has 1 aromatic heterocycles. The summed E-state index contributed by atoms with van der Waals surface area (Å²) in [6.07, 6.45) is 4.52. The molecule has 2 unspecified atom stereocenters. The number of nitrogens with zero attached hydrogens (tertiary/aromatic N) is 2. The molecule has 3 rings (SSSR count). The summed E-state index contributed by atoms with van der Waals surface area (Å²) in [6.45, 7) is 7.00. The fourth-order valence-corrected chi connectivity index (χ4v) is 4.22. The van der Waals surface area contributed by atoms with Crippen LogP contribution in [-0.4, -0.2) is 48.0 Å². The number of hydrogen-bond acceptors (Lipinski definition) is 5. The summed E-state index contributed by atoms with van der Waals surface area (Å²) < 4.78 is 0. The topological polar surface area (TPSA) is 57.3 Å². The summed E-state index contributed by atoms with van der Waals surface area (Å²) >= 11 is 1.75. The van der Waals surface area contributed by atoms with E-state index in [9.17, 15) is 4.79 Å². The van der Waals surface area contributed by atoms with Crippen LogP contribution in [-0.2, 0) is 11.3 Å². The number of carbonyl (C=O) groups excluding carboxylic acids is 1. The number of rotatable bonds is 5. The van der Waals surface area contributed by atoms with Gasteiger partial charge in [-0.25, -0.2) is 4.98 Å². The molecule has 0 radical (unpaired) electrons. The summed E-state index contributed by atoms with van der Waals surface area (Å²) in [5.41, 5.74) is 1.12. The number of aryl methyl sites for hydroxylation is 1. The van der Waals surface area contributed by atoms with Crippen LogP contribution in [0.25, 0.3) is 0 Å². The molecule has 1 aromatic rings. The first kappa shape index (κ1) is 15.9. The van der Waals surface area contributed by atoms with E-state index in [1.54, 1.807) is 11.3 Å². The van der Waals surface area contributed by atoms with Gasteiger partial charge in [-0.1, -0.05) is 0 Å². The van der Waals surface area contributed by atoms with Gasteiger partial charge in [0.25, 0.3) is 0 Å². The van der Waals surface area contributed by atoms with Gasteiger partial charge >= 0.3 is 0 Å². The Bertz CT molecular complexity index is 498. The standard InChI is InChI=1S/C16H26N4OS/c1-12-11-22-15(19-12)10-20-7-3-4-13(9-20)8-18-16(21)14-5-2-6-17-14/h11,13-14,17H,2-10H2,1H3,(H,18,21). The number of likely N-dealkylation sites (tertiary alicyclic amines) is 1. The van der Waals surface area contributed by atoms with Crippen LogP contribution >= 0.6 is 11.3 Å². The zero-order valence-corrected chi connectivity index (χ0v) is 14.1. The van der Waals surface area contributed by atoms with E-state index in [-0.39, 0.29) is 11.9 Å². The molecule has 2 saturated heterocycles. The van der Waals surface area contributed by atoms with Crippen LogP contribution < -0.4 is 10.6 Å². The highest BCUT2D eigenvalue weighted by Crippen LogP contribution is 2.19. The molecule has 2 aliphatic rings. The Kier molecular flexibility index (Phi) is 5.44. The molecular formula is C16H26N4OS. The highest BCUT2D eigenvalue weighted by molar-refractivity contribution is 7.09. The number of hydrogen-bond donors (Lipinski definition) is 2. The summed E-state index contributed by atoms with van der Waals surface area (Å²) in [5.74, 6) is 0.755. The lowest BCUT2D eigenvalue weighted by Crippen LogP contribution is -2.45. The molecule has 2 atom stereocenters. The average molecular weight is 322 g/mol.